The molecule has 2 aromatic rings. The molecule has 1 fully saturated rings. The first kappa shape index (κ1) is 15.3. The monoisotopic (exact) mass is 316 g/mol. The van der Waals surface area contributed by atoms with Crippen molar-refractivity contribution in [1.82, 2.24) is 4.90 Å². The average molecular weight is 316 g/mol. The number of amides is 2. The number of likely N-dealkylation sites (tertiary alicyclic amines) is 1. The zero-order valence-electron chi connectivity index (χ0n) is 12.7. The molecule has 1 N–H and O–H groups in total. The van der Waals surface area contributed by atoms with Gasteiger partial charge in [0, 0.05) is 18.7 Å². The van der Waals surface area contributed by atoms with Gasteiger partial charge in [-0.2, -0.15) is 0 Å². The van der Waals surface area contributed by atoms with Gasteiger partial charge in [-0.1, -0.05) is 6.07 Å². The first-order chi connectivity index (χ1) is 11.0. The molecule has 5 nitrogen and oxygen atoms in total. The molecular weight excluding hydrogens is 299 g/mol. The standard InChI is InChI=1S/C17H17FN2O3/c1-11-4-5-13(8-15(11)18)19-17(22)12-7-16(21)20(9-12)10-14-3-2-6-23-14/h2-6,8,12H,7,9-10H2,1H3,(H,19,22). The topological polar surface area (TPSA) is 62.6 Å². The number of hydrogen-bond donors (Lipinski definition) is 1. The number of hydrogen-bond acceptors (Lipinski definition) is 3. The number of furan rings is 1. The van der Waals surface area contributed by atoms with Gasteiger partial charge in [0.2, 0.25) is 11.8 Å². The van der Waals surface area contributed by atoms with Crippen molar-refractivity contribution in [1.29, 1.82) is 0 Å². The van der Waals surface area contributed by atoms with E-state index in [1.165, 1.54) is 6.07 Å². The Bertz CT molecular complexity index is 727. The summed E-state index contributed by atoms with van der Waals surface area (Å²) in [6.45, 7) is 2.34. The smallest absolute Gasteiger partial charge is 0.229 e. The van der Waals surface area contributed by atoms with Gasteiger partial charge in [-0.3, -0.25) is 9.59 Å². The van der Waals surface area contributed by atoms with Crippen molar-refractivity contribution in [2.75, 3.05) is 11.9 Å². The van der Waals surface area contributed by atoms with Crippen LogP contribution in [0.3, 0.4) is 0 Å². The highest BCUT2D eigenvalue weighted by Crippen LogP contribution is 2.22. The lowest BCUT2D eigenvalue weighted by molar-refractivity contribution is -0.128. The Morgan fingerprint density at radius 2 is 2.26 bits per heavy atom. The maximum Gasteiger partial charge on any atom is 0.229 e. The molecule has 1 unspecified atom stereocenters. The average Bonchev–Trinajstić information content (AvgIpc) is 3.14. The molecule has 0 aliphatic carbocycles. The van der Waals surface area contributed by atoms with E-state index >= 15 is 0 Å². The molecule has 23 heavy (non-hydrogen) atoms. The Morgan fingerprint density at radius 1 is 1.43 bits per heavy atom. The van der Waals surface area contributed by atoms with Gasteiger partial charge in [0.25, 0.3) is 0 Å². The van der Waals surface area contributed by atoms with Gasteiger partial charge in [-0.25, -0.2) is 4.39 Å². The van der Waals surface area contributed by atoms with Crippen molar-refractivity contribution >= 4 is 17.5 Å². The number of nitrogens with zero attached hydrogens (tertiary/aromatic N) is 1. The Hall–Kier alpha value is -2.63. The summed E-state index contributed by atoms with van der Waals surface area (Å²) in [5.74, 6) is -0.494. The minimum atomic E-state index is -0.443. The number of carbonyl (C=O) groups excluding carboxylic acids is 2. The van der Waals surface area contributed by atoms with Crippen LogP contribution in [0.15, 0.2) is 41.0 Å². The van der Waals surface area contributed by atoms with E-state index in [2.05, 4.69) is 5.32 Å². The second kappa shape index (κ2) is 6.24. The molecule has 0 spiro atoms. The molecule has 1 aliphatic heterocycles. The summed E-state index contributed by atoms with van der Waals surface area (Å²) in [5.41, 5.74) is 0.915. The molecule has 2 heterocycles. The van der Waals surface area contributed by atoms with Gasteiger partial charge in [-0.05, 0) is 36.8 Å². The fourth-order valence-electron chi connectivity index (χ4n) is 2.61. The largest absolute Gasteiger partial charge is 0.467 e. The summed E-state index contributed by atoms with van der Waals surface area (Å²) in [6.07, 6.45) is 1.70. The number of benzene rings is 1. The molecular formula is C17H17FN2O3. The lowest BCUT2D eigenvalue weighted by Crippen LogP contribution is -2.27. The van der Waals surface area contributed by atoms with E-state index in [4.69, 9.17) is 4.42 Å². The molecule has 2 amide bonds. The van der Waals surface area contributed by atoms with E-state index in [0.29, 0.717) is 30.1 Å². The highest BCUT2D eigenvalue weighted by Gasteiger charge is 2.34. The Balaban J connectivity index is 1.62. The number of carbonyl (C=O) groups is 2. The van der Waals surface area contributed by atoms with Gasteiger partial charge in [-0.15, -0.1) is 0 Å². The van der Waals surface area contributed by atoms with E-state index in [1.54, 1.807) is 42.4 Å². The third kappa shape index (κ3) is 3.41. The van der Waals surface area contributed by atoms with Crippen molar-refractivity contribution < 1.29 is 18.4 Å². The second-order valence-corrected chi connectivity index (χ2v) is 5.71. The van der Waals surface area contributed by atoms with Crippen molar-refractivity contribution in [2.24, 2.45) is 5.92 Å². The van der Waals surface area contributed by atoms with E-state index < -0.39 is 5.92 Å². The maximum atomic E-state index is 13.5. The SMILES string of the molecule is Cc1ccc(NC(=O)C2CC(=O)N(Cc3ccco3)C2)cc1F. The highest BCUT2D eigenvalue weighted by molar-refractivity contribution is 5.97. The third-order valence-corrected chi connectivity index (χ3v) is 3.95. The molecule has 120 valence electrons. The van der Waals surface area contributed by atoms with Gasteiger partial charge < -0.3 is 14.6 Å². The Morgan fingerprint density at radius 3 is 2.96 bits per heavy atom. The maximum absolute atomic E-state index is 13.5. The zero-order valence-corrected chi connectivity index (χ0v) is 12.7. The van der Waals surface area contributed by atoms with E-state index in [0.717, 1.165) is 0 Å². The first-order valence-electron chi connectivity index (χ1n) is 7.40. The predicted octanol–water partition coefficient (Wildman–Crippen LogP) is 2.71. The summed E-state index contributed by atoms with van der Waals surface area (Å²) in [4.78, 5) is 25.9. The Kier molecular flexibility index (Phi) is 4.14. The van der Waals surface area contributed by atoms with Crippen LogP contribution in [0, 0.1) is 18.7 Å². The predicted molar refractivity (Wildman–Crippen MR) is 82.0 cm³/mol. The van der Waals surface area contributed by atoms with Crippen LogP contribution in [0.1, 0.15) is 17.7 Å². The third-order valence-electron chi connectivity index (χ3n) is 3.95. The van der Waals surface area contributed by atoms with Gasteiger partial charge in [0.05, 0.1) is 18.7 Å². The van der Waals surface area contributed by atoms with Crippen molar-refractivity contribution in [3.8, 4) is 0 Å². The number of anilines is 1. The van der Waals surface area contributed by atoms with E-state index in [9.17, 15) is 14.0 Å². The van der Waals surface area contributed by atoms with E-state index in [1.807, 2.05) is 0 Å². The fourth-order valence-corrected chi connectivity index (χ4v) is 2.61. The number of nitrogens with one attached hydrogen (secondary N) is 1. The summed E-state index contributed by atoms with van der Waals surface area (Å²) in [5, 5.41) is 2.67. The van der Waals surface area contributed by atoms with E-state index in [-0.39, 0.29) is 24.1 Å². The molecule has 1 aliphatic rings. The summed E-state index contributed by atoms with van der Waals surface area (Å²) >= 11 is 0. The van der Waals surface area contributed by atoms with Crippen LogP contribution in [0.25, 0.3) is 0 Å². The molecule has 3 rings (SSSR count). The molecule has 0 radical (unpaired) electrons. The van der Waals surface area contributed by atoms with Gasteiger partial charge in [0.1, 0.15) is 11.6 Å². The number of aryl methyl sites for hydroxylation is 1. The van der Waals surface area contributed by atoms with Crippen LogP contribution in [0.2, 0.25) is 0 Å². The molecule has 0 bridgehead atoms. The van der Waals surface area contributed by atoms with Crippen LogP contribution in [0.4, 0.5) is 10.1 Å². The minimum absolute atomic E-state index is 0.0864. The van der Waals surface area contributed by atoms with Gasteiger partial charge in [0.15, 0.2) is 0 Å². The lowest BCUT2D eigenvalue weighted by Gasteiger charge is -2.15. The summed E-state index contributed by atoms with van der Waals surface area (Å²) in [7, 11) is 0. The highest BCUT2D eigenvalue weighted by atomic mass is 19.1. The van der Waals surface area contributed by atoms with Crippen molar-refractivity contribution in [2.45, 2.75) is 19.9 Å². The van der Waals surface area contributed by atoms with Gasteiger partial charge >= 0.3 is 0 Å². The second-order valence-electron chi connectivity index (χ2n) is 5.71. The van der Waals surface area contributed by atoms with Crippen LogP contribution >= 0.6 is 0 Å². The van der Waals surface area contributed by atoms with Crippen molar-refractivity contribution in [3.63, 3.8) is 0 Å². The van der Waals surface area contributed by atoms with Crippen LogP contribution in [-0.2, 0) is 16.1 Å². The summed E-state index contributed by atoms with van der Waals surface area (Å²) in [6, 6.07) is 8.08. The fraction of sp³-hybridized carbons (Fsp3) is 0.294. The number of rotatable bonds is 4. The summed E-state index contributed by atoms with van der Waals surface area (Å²) < 4.78 is 18.7. The first-order valence-corrected chi connectivity index (χ1v) is 7.40. The molecule has 1 saturated heterocycles. The minimum Gasteiger partial charge on any atom is -0.467 e. The Labute approximate surface area is 133 Å². The quantitative estimate of drug-likeness (QED) is 0.943. The van der Waals surface area contributed by atoms with Crippen LogP contribution in [-0.4, -0.2) is 23.3 Å². The van der Waals surface area contributed by atoms with Crippen molar-refractivity contribution in [3.05, 3.63) is 53.7 Å². The molecule has 1 aromatic heterocycles. The normalized spacial score (nSPS) is 17.6. The van der Waals surface area contributed by atoms with Crippen LogP contribution in [0.5, 0.6) is 0 Å². The number of halogens is 1. The lowest BCUT2D eigenvalue weighted by atomic mass is 10.1. The molecule has 1 atom stereocenters. The molecule has 1 aromatic carbocycles. The van der Waals surface area contributed by atoms with Crippen LogP contribution < -0.4 is 5.32 Å². The zero-order chi connectivity index (χ0) is 16.4. The molecule has 6 heteroatoms. The molecule has 0 saturated carbocycles.